The standard InChI is InChI=1S/C14H10BrCl2NO3/c1-21-13-10(16)5-8(6-11(13)17)18-14(20)9-4-7(15)2-3-12(9)19/h2-6,19H,1H3,(H,18,20). The maximum atomic E-state index is 12.2. The minimum atomic E-state index is -0.480. The molecule has 2 rings (SSSR count). The predicted octanol–water partition coefficient (Wildman–Crippen LogP) is 4.72. The second kappa shape index (κ2) is 6.56. The first-order valence-electron chi connectivity index (χ1n) is 5.75. The average Bonchev–Trinajstić information content (AvgIpc) is 2.41. The molecule has 0 saturated carbocycles. The Kier molecular flexibility index (Phi) is 4.98. The molecule has 2 aromatic carbocycles. The lowest BCUT2D eigenvalue weighted by Crippen LogP contribution is -2.12. The molecule has 0 heterocycles. The Morgan fingerprint density at radius 1 is 1.24 bits per heavy atom. The van der Waals surface area contributed by atoms with Crippen LogP contribution in [0, 0.1) is 0 Å². The van der Waals surface area contributed by atoms with E-state index in [1.807, 2.05) is 0 Å². The van der Waals surface area contributed by atoms with E-state index in [1.54, 1.807) is 6.07 Å². The molecule has 21 heavy (non-hydrogen) atoms. The molecule has 0 unspecified atom stereocenters. The molecule has 0 bridgehead atoms. The molecular weight excluding hydrogens is 381 g/mol. The van der Waals surface area contributed by atoms with Gasteiger partial charge in [-0.25, -0.2) is 0 Å². The van der Waals surface area contributed by atoms with Crippen molar-refractivity contribution in [1.82, 2.24) is 0 Å². The number of rotatable bonds is 3. The van der Waals surface area contributed by atoms with Crippen molar-refractivity contribution in [2.24, 2.45) is 0 Å². The quantitative estimate of drug-likeness (QED) is 0.796. The average molecular weight is 391 g/mol. The van der Waals surface area contributed by atoms with Gasteiger partial charge >= 0.3 is 0 Å². The summed E-state index contributed by atoms with van der Waals surface area (Å²) < 4.78 is 5.71. The first kappa shape index (κ1) is 15.9. The summed E-state index contributed by atoms with van der Waals surface area (Å²) in [4.78, 5) is 12.2. The van der Waals surface area contributed by atoms with Gasteiger partial charge in [-0.1, -0.05) is 39.1 Å². The number of amides is 1. The Bertz CT molecular complexity index is 684. The molecule has 0 radical (unpaired) electrons. The van der Waals surface area contributed by atoms with E-state index in [9.17, 15) is 9.90 Å². The van der Waals surface area contributed by atoms with E-state index in [2.05, 4.69) is 21.2 Å². The summed E-state index contributed by atoms with van der Waals surface area (Å²) in [6.07, 6.45) is 0. The van der Waals surface area contributed by atoms with Gasteiger partial charge in [-0.05, 0) is 30.3 Å². The molecule has 0 aliphatic rings. The summed E-state index contributed by atoms with van der Waals surface area (Å²) in [6.45, 7) is 0. The van der Waals surface area contributed by atoms with Crippen LogP contribution in [0.3, 0.4) is 0 Å². The van der Waals surface area contributed by atoms with Gasteiger partial charge in [0.2, 0.25) is 0 Å². The molecule has 0 aliphatic heterocycles. The zero-order valence-corrected chi connectivity index (χ0v) is 13.9. The maximum Gasteiger partial charge on any atom is 0.259 e. The number of phenols is 1. The summed E-state index contributed by atoms with van der Waals surface area (Å²) in [5.74, 6) is -0.269. The number of ether oxygens (including phenoxy) is 1. The number of aromatic hydroxyl groups is 1. The first-order chi connectivity index (χ1) is 9.92. The van der Waals surface area contributed by atoms with E-state index < -0.39 is 5.91 Å². The predicted molar refractivity (Wildman–Crippen MR) is 86.8 cm³/mol. The van der Waals surface area contributed by atoms with E-state index >= 15 is 0 Å². The number of carbonyl (C=O) groups is 1. The van der Waals surface area contributed by atoms with Gasteiger partial charge in [0.1, 0.15) is 5.75 Å². The molecule has 4 nitrogen and oxygen atoms in total. The lowest BCUT2D eigenvalue weighted by molar-refractivity contribution is 0.102. The largest absolute Gasteiger partial charge is 0.507 e. The Hall–Kier alpha value is -1.43. The van der Waals surface area contributed by atoms with Crippen LogP contribution in [0.5, 0.6) is 11.5 Å². The SMILES string of the molecule is COc1c(Cl)cc(NC(=O)c2cc(Br)ccc2O)cc1Cl. The Morgan fingerprint density at radius 3 is 2.43 bits per heavy atom. The fourth-order valence-electron chi connectivity index (χ4n) is 1.72. The van der Waals surface area contributed by atoms with Gasteiger partial charge in [0.05, 0.1) is 22.7 Å². The highest BCUT2D eigenvalue weighted by Crippen LogP contribution is 2.36. The summed E-state index contributed by atoms with van der Waals surface area (Å²) in [5.41, 5.74) is 0.530. The number of anilines is 1. The minimum Gasteiger partial charge on any atom is -0.507 e. The van der Waals surface area contributed by atoms with Crippen LogP contribution in [-0.4, -0.2) is 18.1 Å². The van der Waals surface area contributed by atoms with E-state index in [-0.39, 0.29) is 21.4 Å². The molecule has 0 spiro atoms. The van der Waals surface area contributed by atoms with Crippen molar-refractivity contribution >= 4 is 50.7 Å². The molecule has 2 N–H and O–H groups in total. The smallest absolute Gasteiger partial charge is 0.259 e. The second-order valence-corrected chi connectivity index (χ2v) is 5.82. The number of nitrogens with one attached hydrogen (secondary N) is 1. The van der Waals surface area contributed by atoms with Crippen molar-refractivity contribution in [3.8, 4) is 11.5 Å². The van der Waals surface area contributed by atoms with Crippen LogP contribution in [-0.2, 0) is 0 Å². The summed E-state index contributed by atoms with van der Waals surface area (Å²) >= 11 is 15.2. The van der Waals surface area contributed by atoms with Gasteiger partial charge in [-0.15, -0.1) is 0 Å². The van der Waals surface area contributed by atoms with Gasteiger partial charge < -0.3 is 15.2 Å². The number of hydrogen-bond acceptors (Lipinski definition) is 3. The number of halogens is 3. The number of methoxy groups -OCH3 is 1. The van der Waals surface area contributed by atoms with Crippen molar-refractivity contribution in [1.29, 1.82) is 0 Å². The van der Waals surface area contributed by atoms with E-state index in [1.165, 1.54) is 31.4 Å². The molecule has 0 aromatic heterocycles. The third kappa shape index (κ3) is 3.61. The summed E-state index contributed by atoms with van der Waals surface area (Å²) in [7, 11) is 1.45. The molecule has 0 aliphatic carbocycles. The highest BCUT2D eigenvalue weighted by Gasteiger charge is 2.14. The molecule has 2 aromatic rings. The third-order valence-corrected chi connectivity index (χ3v) is 3.72. The van der Waals surface area contributed by atoms with Crippen LogP contribution in [0.25, 0.3) is 0 Å². The third-order valence-electron chi connectivity index (χ3n) is 2.66. The Morgan fingerprint density at radius 2 is 1.86 bits per heavy atom. The van der Waals surface area contributed by atoms with Crippen molar-refractivity contribution in [3.63, 3.8) is 0 Å². The fraction of sp³-hybridized carbons (Fsp3) is 0.0714. The summed E-state index contributed by atoms with van der Waals surface area (Å²) in [5, 5.41) is 12.9. The highest BCUT2D eigenvalue weighted by atomic mass is 79.9. The molecule has 1 amide bonds. The monoisotopic (exact) mass is 389 g/mol. The van der Waals surface area contributed by atoms with Crippen molar-refractivity contribution in [2.45, 2.75) is 0 Å². The van der Waals surface area contributed by atoms with Gasteiger partial charge in [0.15, 0.2) is 5.75 Å². The molecular formula is C14H10BrCl2NO3. The van der Waals surface area contributed by atoms with E-state index in [4.69, 9.17) is 27.9 Å². The lowest BCUT2D eigenvalue weighted by atomic mass is 10.2. The molecule has 7 heteroatoms. The summed E-state index contributed by atoms with van der Waals surface area (Å²) in [6, 6.07) is 7.59. The van der Waals surface area contributed by atoms with Crippen LogP contribution < -0.4 is 10.1 Å². The minimum absolute atomic E-state index is 0.124. The van der Waals surface area contributed by atoms with Gasteiger partial charge in [-0.3, -0.25) is 4.79 Å². The van der Waals surface area contributed by atoms with Crippen LogP contribution >= 0.6 is 39.1 Å². The van der Waals surface area contributed by atoms with Crippen LogP contribution in [0.1, 0.15) is 10.4 Å². The van der Waals surface area contributed by atoms with Gasteiger partial charge in [-0.2, -0.15) is 0 Å². The van der Waals surface area contributed by atoms with Crippen LogP contribution in [0.2, 0.25) is 10.0 Å². The highest BCUT2D eigenvalue weighted by molar-refractivity contribution is 9.10. The molecule has 0 atom stereocenters. The van der Waals surface area contributed by atoms with Crippen LogP contribution in [0.15, 0.2) is 34.8 Å². The molecule has 0 fully saturated rings. The molecule has 110 valence electrons. The van der Waals surface area contributed by atoms with Gasteiger partial charge in [0, 0.05) is 10.2 Å². The zero-order valence-electron chi connectivity index (χ0n) is 10.8. The number of carbonyl (C=O) groups excluding carboxylic acids is 1. The first-order valence-corrected chi connectivity index (χ1v) is 7.30. The van der Waals surface area contributed by atoms with E-state index in [0.717, 1.165) is 0 Å². The fourth-order valence-corrected chi connectivity index (χ4v) is 2.72. The van der Waals surface area contributed by atoms with Crippen molar-refractivity contribution < 1.29 is 14.6 Å². The lowest BCUT2D eigenvalue weighted by Gasteiger charge is -2.11. The number of benzene rings is 2. The topological polar surface area (TPSA) is 58.6 Å². The normalized spacial score (nSPS) is 10.3. The Balaban J connectivity index is 2.30. The second-order valence-electron chi connectivity index (χ2n) is 4.09. The van der Waals surface area contributed by atoms with Crippen LogP contribution in [0.4, 0.5) is 5.69 Å². The van der Waals surface area contributed by atoms with E-state index in [0.29, 0.717) is 15.9 Å². The van der Waals surface area contributed by atoms with Gasteiger partial charge in [0.25, 0.3) is 5.91 Å². The van der Waals surface area contributed by atoms with Crippen molar-refractivity contribution in [2.75, 3.05) is 12.4 Å². The number of phenolic OH excluding ortho intramolecular Hbond substituents is 1. The maximum absolute atomic E-state index is 12.2. The molecule has 0 saturated heterocycles. The zero-order chi connectivity index (χ0) is 15.6. The Labute approximate surface area is 139 Å². The number of hydrogen-bond donors (Lipinski definition) is 2. The van der Waals surface area contributed by atoms with Crippen molar-refractivity contribution in [3.05, 3.63) is 50.4 Å².